The number of amides is 2. The minimum Gasteiger partial charge on any atom is -0.456 e. The fraction of sp³-hybridized carbons (Fsp3) is 0.560. The molecule has 0 bridgehead atoms. The summed E-state index contributed by atoms with van der Waals surface area (Å²) in [7, 11) is 0. The number of cyclic esters (lactones) is 1. The first-order valence-corrected chi connectivity index (χ1v) is 11.4. The van der Waals surface area contributed by atoms with Crippen LogP contribution in [-0.4, -0.2) is 23.6 Å². The van der Waals surface area contributed by atoms with Crippen molar-refractivity contribution in [3.05, 3.63) is 41.7 Å². The number of imide groups is 1. The number of allylic oxidation sites excluding steroid dienone is 1. The van der Waals surface area contributed by atoms with Crippen LogP contribution in [0.5, 0.6) is 0 Å². The van der Waals surface area contributed by atoms with E-state index in [1.54, 1.807) is 26.0 Å². The Morgan fingerprint density at radius 3 is 2.19 bits per heavy atom. The third-order valence-corrected chi connectivity index (χ3v) is 7.42. The van der Waals surface area contributed by atoms with Crippen LogP contribution in [0.2, 0.25) is 0 Å². The zero-order chi connectivity index (χ0) is 21.9. The Bertz CT molecular complexity index is 959. The van der Waals surface area contributed by atoms with E-state index in [4.69, 9.17) is 9.47 Å². The van der Waals surface area contributed by atoms with Crippen LogP contribution in [0, 0.1) is 29.6 Å². The maximum atomic E-state index is 13.7. The molecule has 2 fully saturated rings. The highest BCUT2D eigenvalue weighted by Gasteiger charge is 2.62. The molecule has 2 aliphatic carbocycles. The molecule has 6 heteroatoms. The van der Waals surface area contributed by atoms with Gasteiger partial charge in [-0.1, -0.05) is 44.4 Å². The first-order chi connectivity index (χ1) is 14.8. The van der Waals surface area contributed by atoms with Crippen molar-refractivity contribution in [2.24, 2.45) is 29.6 Å². The molecule has 2 aliphatic heterocycles. The third kappa shape index (κ3) is 3.10. The highest BCUT2D eigenvalue weighted by Crippen LogP contribution is 2.55. The van der Waals surface area contributed by atoms with E-state index in [2.05, 4.69) is 0 Å². The van der Waals surface area contributed by atoms with Crippen molar-refractivity contribution >= 4 is 23.5 Å². The van der Waals surface area contributed by atoms with Crippen molar-refractivity contribution in [2.75, 3.05) is 4.90 Å². The average molecular weight is 424 g/mol. The molecule has 0 spiro atoms. The summed E-state index contributed by atoms with van der Waals surface area (Å²) in [5.74, 6) is -2.94. The summed E-state index contributed by atoms with van der Waals surface area (Å²) < 4.78 is 11.8. The summed E-state index contributed by atoms with van der Waals surface area (Å²) in [5, 5.41) is 0. The first-order valence-electron chi connectivity index (χ1n) is 11.4. The molecule has 0 unspecified atom stereocenters. The number of nitrogens with zero attached hydrogens (tertiary/aromatic N) is 1. The predicted octanol–water partition coefficient (Wildman–Crippen LogP) is 4.20. The first kappa shape index (κ1) is 20.3. The molecular formula is C25H29NO5. The van der Waals surface area contributed by atoms with E-state index in [1.807, 2.05) is 25.1 Å². The molecule has 4 atom stereocenters. The van der Waals surface area contributed by atoms with Crippen molar-refractivity contribution in [3.63, 3.8) is 0 Å². The predicted molar refractivity (Wildman–Crippen MR) is 113 cm³/mol. The number of fused-ring (bicyclic) bond motifs is 1. The van der Waals surface area contributed by atoms with Crippen LogP contribution in [0.3, 0.4) is 0 Å². The van der Waals surface area contributed by atoms with Crippen LogP contribution in [0.4, 0.5) is 5.69 Å². The van der Waals surface area contributed by atoms with Crippen LogP contribution in [-0.2, 0) is 23.9 Å². The summed E-state index contributed by atoms with van der Waals surface area (Å²) in [6, 6.07) is 9.09. The highest BCUT2D eigenvalue weighted by molar-refractivity contribution is 6.23. The van der Waals surface area contributed by atoms with E-state index in [-0.39, 0.29) is 29.6 Å². The molecule has 1 aromatic rings. The van der Waals surface area contributed by atoms with Crippen molar-refractivity contribution in [1.82, 2.24) is 0 Å². The Morgan fingerprint density at radius 1 is 0.871 bits per heavy atom. The third-order valence-electron chi connectivity index (χ3n) is 7.42. The number of rotatable bonds is 2. The number of esters is 1. The molecule has 31 heavy (non-hydrogen) atoms. The van der Waals surface area contributed by atoms with Crippen LogP contribution >= 0.6 is 0 Å². The van der Waals surface area contributed by atoms with Gasteiger partial charge in [0.15, 0.2) is 0 Å². The van der Waals surface area contributed by atoms with Gasteiger partial charge in [0.1, 0.15) is 5.76 Å². The van der Waals surface area contributed by atoms with E-state index in [1.165, 1.54) is 4.90 Å². The number of ether oxygens (including phenoxy) is 2. The van der Waals surface area contributed by atoms with Gasteiger partial charge in [0, 0.05) is 25.7 Å². The highest BCUT2D eigenvalue weighted by atomic mass is 16.7. The van der Waals surface area contributed by atoms with Gasteiger partial charge in [0.05, 0.1) is 23.1 Å². The van der Waals surface area contributed by atoms with E-state index in [0.717, 1.165) is 32.1 Å². The molecule has 0 radical (unpaired) electrons. The number of carbonyl (C=O) groups excluding carboxylic acids is 3. The summed E-state index contributed by atoms with van der Waals surface area (Å²) in [4.78, 5) is 41.9. The van der Waals surface area contributed by atoms with E-state index >= 15 is 0 Å². The second-order valence-corrected chi connectivity index (χ2v) is 9.78. The van der Waals surface area contributed by atoms with Gasteiger partial charge in [0.2, 0.25) is 17.6 Å². The molecule has 1 saturated heterocycles. The lowest BCUT2D eigenvalue weighted by molar-refractivity contribution is -0.216. The molecule has 5 rings (SSSR count). The SMILES string of the molecule is C[C@H]1C2=C(C(=O)OC(C)(C)O2)[C@@H](C2CCCCC2)[C@H]2C(=O)N(c3ccccc3)C(=O)[C@H]21. The number of para-hydroxylation sites is 1. The van der Waals surface area contributed by atoms with E-state index in [9.17, 15) is 14.4 Å². The van der Waals surface area contributed by atoms with Gasteiger partial charge in [0.25, 0.3) is 0 Å². The molecule has 0 N–H and O–H groups in total. The number of hydrogen-bond donors (Lipinski definition) is 0. The number of hydrogen-bond acceptors (Lipinski definition) is 5. The smallest absolute Gasteiger partial charge is 0.341 e. The fourth-order valence-electron chi connectivity index (χ4n) is 6.17. The van der Waals surface area contributed by atoms with Crippen LogP contribution in [0.1, 0.15) is 52.9 Å². The Morgan fingerprint density at radius 2 is 1.52 bits per heavy atom. The molecule has 0 aromatic heterocycles. The molecular weight excluding hydrogens is 394 g/mol. The van der Waals surface area contributed by atoms with E-state index < -0.39 is 23.6 Å². The number of anilines is 1. The van der Waals surface area contributed by atoms with Crippen molar-refractivity contribution in [2.45, 2.75) is 58.7 Å². The second kappa shape index (κ2) is 7.21. The van der Waals surface area contributed by atoms with Gasteiger partial charge in [-0.05, 0) is 30.9 Å². The molecule has 2 amide bonds. The normalized spacial score (nSPS) is 33.0. The fourth-order valence-corrected chi connectivity index (χ4v) is 6.17. The second-order valence-electron chi connectivity index (χ2n) is 9.78. The van der Waals surface area contributed by atoms with Crippen molar-refractivity contribution in [1.29, 1.82) is 0 Å². The van der Waals surface area contributed by atoms with Gasteiger partial charge >= 0.3 is 5.97 Å². The van der Waals surface area contributed by atoms with Gasteiger partial charge in [-0.3, -0.25) is 14.5 Å². The monoisotopic (exact) mass is 423 g/mol. The molecule has 1 saturated carbocycles. The molecule has 164 valence electrons. The molecule has 2 heterocycles. The molecule has 6 nitrogen and oxygen atoms in total. The Hall–Kier alpha value is -2.63. The summed E-state index contributed by atoms with van der Waals surface area (Å²) in [6.07, 6.45) is 5.20. The van der Waals surface area contributed by atoms with Crippen molar-refractivity contribution < 1.29 is 23.9 Å². The van der Waals surface area contributed by atoms with Gasteiger partial charge < -0.3 is 9.47 Å². The molecule has 4 aliphatic rings. The van der Waals surface area contributed by atoms with E-state index in [0.29, 0.717) is 17.0 Å². The summed E-state index contributed by atoms with van der Waals surface area (Å²) in [5.41, 5.74) is 1.08. The lowest BCUT2D eigenvalue weighted by Gasteiger charge is -2.46. The molecule has 1 aromatic carbocycles. The largest absolute Gasteiger partial charge is 0.456 e. The van der Waals surface area contributed by atoms with Crippen LogP contribution in [0.15, 0.2) is 41.7 Å². The lowest BCUT2D eigenvalue weighted by atomic mass is 9.61. The van der Waals surface area contributed by atoms with Gasteiger partial charge in [-0.25, -0.2) is 4.79 Å². The van der Waals surface area contributed by atoms with Crippen LogP contribution in [0.25, 0.3) is 0 Å². The average Bonchev–Trinajstić information content (AvgIpc) is 3.00. The minimum absolute atomic E-state index is 0.170. The summed E-state index contributed by atoms with van der Waals surface area (Å²) in [6.45, 7) is 5.32. The van der Waals surface area contributed by atoms with Crippen molar-refractivity contribution in [3.8, 4) is 0 Å². The zero-order valence-corrected chi connectivity index (χ0v) is 18.3. The number of benzene rings is 1. The lowest BCUT2D eigenvalue weighted by Crippen LogP contribution is -2.49. The zero-order valence-electron chi connectivity index (χ0n) is 18.3. The maximum absolute atomic E-state index is 13.7. The minimum atomic E-state index is -1.08. The summed E-state index contributed by atoms with van der Waals surface area (Å²) >= 11 is 0. The van der Waals surface area contributed by atoms with Gasteiger partial charge in [-0.15, -0.1) is 0 Å². The van der Waals surface area contributed by atoms with Gasteiger partial charge in [-0.2, -0.15) is 0 Å². The Labute approximate surface area is 182 Å². The quantitative estimate of drug-likeness (QED) is 0.527. The topological polar surface area (TPSA) is 72.9 Å². The number of carbonyl (C=O) groups is 3. The standard InChI is InChI=1S/C25H29NO5/c1-14-17-19(23(28)26(22(17)27)16-12-8-5-9-13-16)18(15-10-6-4-7-11-15)20-21(14)30-25(2,3)31-24(20)29/h5,8-9,12-15,17-19H,4,6-7,10-11H2,1-3H3/t14-,17+,18+,19+/m1/s1. The Kier molecular flexibility index (Phi) is 4.72. The van der Waals surface area contributed by atoms with Crippen LogP contribution < -0.4 is 4.90 Å². The maximum Gasteiger partial charge on any atom is 0.341 e. The Balaban J connectivity index is 1.64.